The van der Waals surface area contributed by atoms with Gasteiger partial charge in [0.1, 0.15) is 0 Å². The molecule has 65 heavy (non-hydrogen) atoms. The van der Waals surface area contributed by atoms with E-state index in [0.29, 0.717) is 0 Å². The van der Waals surface area contributed by atoms with E-state index in [1.54, 1.807) is 5.57 Å². The summed E-state index contributed by atoms with van der Waals surface area (Å²) in [5.74, 6) is 0. The van der Waals surface area contributed by atoms with Gasteiger partial charge in [-0.15, -0.1) is 0 Å². The van der Waals surface area contributed by atoms with Gasteiger partial charge in [-0.3, -0.25) is 0 Å². The normalized spacial score (nSPS) is 14.9. The maximum Gasteiger partial charge on any atom is 0.0714 e. The minimum atomic E-state index is -0.559. The minimum Gasteiger partial charge on any atom is -0.310 e. The van der Waals surface area contributed by atoms with Crippen molar-refractivity contribution in [1.29, 1.82) is 0 Å². The standard InChI is InChI=1S/C64H49N/c1-63(2)58-29-17-15-27-53(58)55-40-39-52(41-60(55)63)65(51-37-35-47(36-38-51)45-21-9-4-10-22-45)62-43-61-57(42-56(62)48-33-31-46(32-34-48)44-19-7-3-8-20-44)54-28-16-18-30-59(54)64(61,49-23-11-5-12-24-49)50-25-13-6-14-26-50/h3-16,18-28,30-43H,17,29H2,1-2H3. The van der Waals surface area contributed by atoms with Crippen molar-refractivity contribution in [3.05, 3.63) is 276 Å². The molecular weight excluding hydrogens is 783 g/mol. The first-order chi connectivity index (χ1) is 32.0. The number of rotatable bonds is 8. The summed E-state index contributed by atoms with van der Waals surface area (Å²) < 4.78 is 0. The van der Waals surface area contributed by atoms with Gasteiger partial charge in [0.05, 0.1) is 11.1 Å². The molecule has 0 fully saturated rings. The SMILES string of the molecule is CC1(C)C2=C(C=CCC2)c2ccc(N(c3ccc(-c4ccccc4)cc3)c3cc4c(cc3-c3ccc(-c5ccccc5)cc3)-c3ccccc3C4(c3ccccc3)c3ccccc3)cc21. The van der Waals surface area contributed by atoms with Gasteiger partial charge in [-0.25, -0.2) is 0 Å². The molecule has 3 aliphatic rings. The summed E-state index contributed by atoms with van der Waals surface area (Å²) in [7, 11) is 0. The lowest BCUT2D eigenvalue weighted by molar-refractivity contribution is 0.607. The summed E-state index contributed by atoms with van der Waals surface area (Å²) in [6.07, 6.45) is 6.91. The van der Waals surface area contributed by atoms with Gasteiger partial charge < -0.3 is 4.90 Å². The van der Waals surface area contributed by atoms with Gasteiger partial charge in [-0.05, 0) is 127 Å². The van der Waals surface area contributed by atoms with E-state index >= 15 is 0 Å². The van der Waals surface area contributed by atoms with Crippen LogP contribution in [0.15, 0.2) is 242 Å². The van der Waals surface area contributed by atoms with E-state index in [0.717, 1.165) is 29.9 Å². The second kappa shape index (κ2) is 15.5. The van der Waals surface area contributed by atoms with E-state index in [1.165, 1.54) is 83.5 Å². The third-order valence-electron chi connectivity index (χ3n) is 14.5. The summed E-state index contributed by atoms with van der Waals surface area (Å²) in [4.78, 5) is 2.54. The van der Waals surface area contributed by atoms with Crippen molar-refractivity contribution >= 4 is 22.6 Å². The van der Waals surface area contributed by atoms with Crippen molar-refractivity contribution in [2.75, 3.05) is 4.90 Å². The Hall–Kier alpha value is -7.74. The molecule has 0 heterocycles. The fourth-order valence-corrected chi connectivity index (χ4v) is 11.4. The number of anilines is 3. The van der Waals surface area contributed by atoms with Crippen molar-refractivity contribution in [2.24, 2.45) is 0 Å². The number of nitrogens with zero attached hydrogens (tertiary/aromatic N) is 1. The molecule has 9 aromatic carbocycles. The summed E-state index contributed by atoms with van der Waals surface area (Å²) >= 11 is 0. The first kappa shape index (κ1) is 38.9. The van der Waals surface area contributed by atoms with Crippen molar-refractivity contribution in [3.8, 4) is 44.5 Å². The first-order valence-electron chi connectivity index (χ1n) is 23.1. The predicted octanol–water partition coefficient (Wildman–Crippen LogP) is 16.9. The van der Waals surface area contributed by atoms with Crippen LogP contribution in [0.4, 0.5) is 17.1 Å². The Morgan fingerprint density at radius 1 is 0.385 bits per heavy atom. The summed E-state index contributed by atoms with van der Waals surface area (Å²) in [5.41, 5.74) is 23.3. The smallest absolute Gasteiger partial charge is 0.0714 e. The zero-order valence-electron chi connectivity index (χ0n) is 36.9. The van der Waals surface area contributed by atoms with Gasteiger partial charge >= 0.3 is 0 Å². The highest BCUT2D eigenvalue weighted by Crippen LogP contribution is 2.59. The van der Waals surface area contributed by atoms with Crippen molar-refractivity contribution in [2.45, 2.75) is 37.5 Å². The maximum absolute atomic E-state index is 2.55. The largest absolute Gasteiger partial charge is 0.310 e. The van der Waals surface area contributed by atoms with Gasteiger partial charge in [0.15, 0.2) is 0 Å². The predicted molar refractivity (Wildman–Crippen MR) is 273 cm³/mol. The molecule has 0 atom stereocenters. The Morgan fingerprint density at radius 2 is 0.908 bits per heavy atom. The second-order valence-electron chi connectivity index (χ2n) is 18.3. The van der Waals surface area contributed by atoms with Crippen LogP contribution >= 0.6 is 0 Å². The average molecular weight is 832 g/mol. The molecule has 0 saturated heterocycles. The third kappa shape index (κ3) is 6.21. The lowest BCUT2D eigenvalue weighted by atomic mass is 9.67. The molecule has 3 aliphatic carbocycles. The van der Waals surface area contributed by atoms with Gasteiger partial charge in [0.25, 0.3) is 0 Å². The summed E-state index contributed by atoms with van der Waals surface area (Å²) in [6.45, 7) is 4.85. The molecular formula is C64H49N. The maximum atomic E-state index is 2.55. The number of hydrogen-bond donors (Lipinski definition) is 0. The average Bonchev–Trinajstić information content (AvgIpc) is 3.80. The van der Waals surface area contributed by atoms with Crippen LogP contribution in [0.5, 0.6) is 0 Å². The van der Waals surface area contributed by atoms with E-state index in [1.807, 2.05) is 0 Å². The molecule has 310 valence electrons. The highest BCUT2D eigenvalue weighted by molar-refractivity contribution is 5.98. The van der Waals surface area contributed by atoms with Crippen molar-refractivity contribution in [3.63, 3.8) is 0 Å². The highest BCUT2D eigenvalue weighted by Gasteiger charge is 2.47. The monoisotopic (exact) mass is 831 g/mol. The van der Waals surface area contributed by atoms with Crippen LogP contribution in [0.1, 0.15) is 60.1 Å². The molecule has 0 saturated carbocycles. The highest BCUT2D eigenvalue weighted by atomic mass is 15.1. The topological polar surface area (TPSA) is 3.24 Å². The first-order valence-corrected chi connectivity index (χ1v) is 23.1. The molecule has 0 unspecified atom stereocenters. The molecule has 0 amide bonds. The van der Waals surface area contributed by atoms with E-state index in [9.17, 15) is 0 Å². The van der Waals surface area contributed by atoms with Crippen LogP contribution in [0.25, 0.3) is 50.1 Å². The van der Waals surface area contributed by atoms with E-state index in [2.05, 4.69) is 255 Å². The zero-order valence-corrected chi connectivity index (χ0v) is 36.9. The molecule has 0 aromatic heterocycles. The van der Waals surface area contributed by atoms with Crippen LogP contribution < -0.4 is 4.90 Å². The molecule has 0 aliphatic heterocycles. The van der Waals surface area contributed by atoms with E-state index in [4.69, 9.17) is 0 Å². The molecule has 12 rings (SSSR count). The molecule has 0 radical (unpaired) electrons. The number of benzene rings is 9. The molecule has 9 aromatic rings. The van der Waals surface area contributed by atoms with Gasteiger partial charge in [-0.2, -0.15) is 0 Å². The van der Waals surface area contributed by atoms with Crippen LogP contribution in [0.3, 0.4) is 0 Å². The summed E-state index contributed by atoms with van der Waals surface area (Å²) in [6, 6.07) is 83.6. The Morgan fingerprint density at radius 3 is 1.54 bits per heavy atom. The van der Waals surface area contributed by atoms with Crippen LogP contribution in [0, 0.1) is 0 Å². The molecule has 0 bridgehead atoms. The molecule has 1 nitrogen and oxygen atoms in total. The Kier molecular flexibility index (Phi) is 9.28. The lowest BCUT2D eigenvalue weighted by Crippen LogP contribution is -2.28. The van der Waals surface area contributed by atoms with Crippen LogP contribution in [-0.4, -0.2) is 0 Å². The second-order valence-corrected chi connectivity index (χ2v) is 18.3. The van der Waals surface area contributed by atoms with E-state index < -0.39 is 5.41 Å². The van der Waals surface area contributed by atoms with Crippen molar-refractivity contribution < 1.29 is 0 Å². The van der Waals surface area contributed by atoms with Crippen LogP contribution in [0.2, 0.25) is 0 Å². The molecule has 0 spiro atoms. The van der Waals surface area contributed by atoms with E-state index in [-0.39, 0.29) is 5.41 Å². The Bertz CT molecular complexity index is 3250. The quantitative estimate of drug-likeness (QED) is 0.147. The minimum absolute atomic E-state index is 0.0836. The fraction of sp³-hybridized carbons (Fsp3) is 0.0938. The molecule has 1 heteroatoms. The third-order valence-corrected chi connectivity index (χ3v) is 14.5. The Balaban J connectivity index is 1.16. The lowest BCUT2D eigenvalue weighted by Gasteiger charge is -2.36. The van der Waals surface area contributed by atoms with Gasteiger partial charge in [-0.1, -0.05) is 220 Å². The molecule has 0 N–H and O–H groups in total. The van der Waals surface area contributed by atoms with Gasteiger partial charge in [0.2, 0.25) is 0 Å². The zero-order chi connectivity index (χ0) is 43.5. The fourth-order valence-electron chi connectivity index (χ4n) is 11.4. The Labute approximate surface area is 383 Å². The van der Waals surface area contributed by atoms with Crippen LogP contribution in [-0.2, 0) is 10.8 Å². The van der Waals surface area contributed by atoms with Crippen molar-refractivity contribution in [1.82, 2.24) is 0 Å². The summed E-state index contributed by atoms with van der Waals surface area (Å²) in [5, 5.41) is 0. The number of allylic oxidation sites excluding steroid dienone is 4. The number of fused-ring (bicyclic) bond motifs is 5. The van der Waals surface area contributed by atoms with Gasteiger partial charge in [0, 0.05) is 22.4 Å². The number of hydrogen-bond acceptors (Lipinski definition) is 1.